The summed E-state index contributed by atoms with van der Waals surface area (Å²) in [5.74, 6) is -0.843. The quantitative estimate of drug-likeness (QED) is 0.790. The Morgan fingerprint density at radius 2 is 2.20 bits per heavy atom. The van der Waals surface area contributed by atoms with Crippen molar-refractivity contribution in [1.29, 1.82) is 0 Å². The van der Waals surface area contributed by atoms with Crippen molar-refractivity contribution >= 4 is 5.97 Å². The molecule has 0 aliphatic carbocycles. The van der Waals surface area contributed by atoms with Crippen molar-refractivity contribution in [1.82, 2.24) is 15.1 Å². The van der Waals surface area contributed by atoms with Crippen molar-refractivity contribution in [3.63, 3.8) is 0 Å². The lowest BCUT2D eigenvalue weighted by molar-refractivity contribution is 0.0686. The van der Waals surface area contributed by atoms with Crippen LogP contribution in [0.5, 0.6) is 0 Å². The number of aryl methyl sites for hydroxylation is 1. The molecular formula is C9H7N3O3. The SMILES string of the molecule is Cc1cnc(-c2cc(C(=O)O)no2)cn1. The minimum Gasteiger partial charge on any atom is -0.476 e. The zero-order chi connectivity index (χ0) is 10.8. The van der Waals surface area contributed by atoms with Crippen molar-refractivity contribution in [3.8, 4) is 11.5 Å². The number of rotatable bonds is 2. The predicted octanol–water partition coefficient (Wildman–Crippen LogP) is 1.14. The second kappa shape index (κ2) is 3.49. The number of aromatic carboxylic acids is 1. The van der Waals surface area contributed by atoms with Gasteiger partial charge in [0.25, 0.3) is 0 Å². The van der Waals surface area contributed by atoms with Gasteiger partial charge in [-0.05, 0) is 6.92 Å². The number of carboxylic acid groups (broad SMARTS) is 1. The van der Waals surface area contributed by atoms with Crippen LogP contribution < -0.4 is 0 Å². The average molecular weight is 205 g/mol. The summed E-state index contributed by atoms with van der Waals surface area (Å²) >= 11 is 0. The maximum atomic E-state index is 10.5. The molecule has 2 aromatic heterocycles. The molecule has 15 heavy (non-hydrogen) atoms. The van der Waals surface area contributed by atoms with Crippen LogP contribution in [0.4, 0.5) is 0 Å². The van der Waals surface area contributed by atoms with Crippen LogP contribution in [-0.4, -0.2) is 26.2 Å². The van der Waals surface area contributed by atoms with E-state index in [1.54, 1.807) is 13.1 Å². The van der Waals surface area contributed by atoms with Gasteiger partial charge in [-0.3, -0.25) is 4.98 Å². The van der Waals surface area contributed by atoms with E-state index < -0.39 is 5.97 Å². The Hall–Kier alpha value is -2.24. The molecule has 0 amide bonds. The summed E-state index contributed by atoms with van der Waals surface area (Å²) in [7, 11) is 0. The third-order valence-electron chi connectivity index (χ3n) is 1.76. The molecule has 0 saturated carbocycles. The van der Waals surface area contributed by atoms with Gasteiger partial charge in [0.15, 0.2) is 11.5 Å². The molecule has 0 saturated heterocycles. The highest BCUT2D eigenvalue weighted by Crippen LogP contribution is 2.16. The molecule has 0 spiro atoms. The summed E-state index contributed by atoms with van der Waals surface area (Å²) in [5.41, 5.74) is 1.09. The second-order valence-corrected chi connectivity index (χ2v) is 2.92. The van der Waals surface area contributed by atoms with Crippen molar-refractivity contribution in [2.75, 3.05) is 0 Å². The number of hydrogen-bond donors (Lipinski definition) is 1. The van der Waals surface area contributed by atoms with Gasteiger partial charge in [0.1, 0.15) is 5.69 Å². The Morgan fingerprint density at radius 3 is 2.73 bits per heavy atom. The van der Waals surface area contributed by atoms with E-state index in [0.717, 1.165) is 5.69 Å². The molecule has 2 aromatic rings. The van der Waals surface area contributed by atoms with Crippen LogP contribution in [0, 0.1) is 6.92 Å². The highest BCUT2D eigenvalue weighted by Gasteiger charge is 2.12. The van der Waals surface area contributed by atoms with Gasteiger partial charge < -0.3 is 9.63 Å². The van der Waals surface area contributed by atoms with Gasteiger partial charge in [0.05, 0.1) is 11.9 Å². The predicted molar refractivity (Wildman–Crippen MR) is 49.2 cm³/mol. The maximum Gasteiger partial charge on any atom is 0.358 e. The zero-order valence-electron chi connectivity index (χ0n) is 7.84. The van der Waals surface area contributed by atoms with Gasteiger partial charge in [-0.15, -0.1) is 0 Å². The Balaban J connectivity index is 2.37. The molecule has 0 atom stereocenters. The Bertz CT molecular complexity index is 490. The van der Waals surface area contributed by atoms with E-state index in [-0.39, 0.29) is 5.69 Å². The van der Waals surface area contributed by atoms with Gasteiger partial charge in [0, 0.05) is 12.3 Å². The molecule has 0 aromatic carbocycles. The van der Waals surface area contributed by atoms with Crippen LogP contribution >= 0.6 is 0 Å². The fourth-order valence-electron chi connectivity index (χ4n) is 1.02. The molecule has 0 radical (unpaired) electrons. The van der Waals surface area contributed by atoms with E-state index in [0.29, 0.717) is 11.5 Å². The van der Waals surface area contributed by atoms with Crippen molar-refractivity contribution in [2.24, 2.45) is 0 Å². The van der Waals surface area contributed by atoms with Crippen molar-refractivity contribution in [2.45, 2.75) is 6.92 Å². The molecule has 6 heteroatoms. The Morgan fingerprint density at radius 1 is 1.40 bits per heavy atom. The maximum absolute atomic E-state index is 10.5. The third-order valence-corrected chi connectivity index (χ3v) is 1.76. The van der Waals surface area contributed by atoms with Crippen LogP contribution in [0.1, 0.15) is 16.2 Å². The molecule has 0 bridgehead atoms. The number of hydrogen-bond acceptors (Lipinski definition) is 5. The smallest absolute Gasteiger partial charge is 0.358 e. The first-order chi connectivity index (χ1) is 7.16. The number of aromatic nitrogens is 3. The molecule has 2 rings (SSSR count). The van der Waals surface area contributed by atoms with Crippen LogP contribution in [0.2, 0.25) is 0 Å². The number of nitrogens with zero attached hydrogens (tertiary/aromatic N) is 3. The van der Waals surface area contributed by atoms with Gasteiger partial charge in [0.2, 0.25) is 0 Å². The standard InChI is InChI=1S/C9H7N3O3/c1-5-3-11-7(4-10-5)8-2-6(9(13)14)12-15-8/h2-4H,1H3,(H,13,14). The van der Waals surface area contributed by atoms with E-state index in [1.807, 2.05) is 0 Å². The van der Waals surface area contributed by atoms with Crippen LogP contribution in [-0.2, 0) is 0 Å². The molecule has 1 N–H and O–H groups in total. The highest BCUT2D eigenvalue weighted by molar-refractivity contribution is 5.86. The molecule has 76 valence electrons. The van der Waals surface area contributed by atoms with Gasteiger partial charge in [-0.2, -0.15) is 0 Å². The van der Waals surface area contributed by atoms with Crippen LogP contribution in [0.15, 0.2) is 23.0 Å². The topological polar surface area (TPSA) is 89.1 Å². The van der Waals surface area contributed by atoms with E-state index in [2.05, 4.69) is 15.1 Å². The lowest BCUT2D eigenvalue weighted by atomic mass is 10.3. The summed E-state index contributed by atoms with van der Waals surface area (Å²) in [5, 5.41) is 12.0. The van der Waals surface area contributed by atoms with E-state index in [4.69, 9.17) is 9.63 Å². The molecule has 0 fully saturated rings. The summed E-state index contributed by atoms with van der Waals surface area (Å²) in [6, 6.07) is 1.31. The summed E-state index contributed by atoms with van der Waals surface area (Å²) in [6.45, 7) is 1.81. The van der Waals surface area contributed by atoms with Gasteiger partial charge >= 0.3 is 5.97 Å². The van der Waals surface area contributed by atoms with Gasteiger partial charge in [-0.25, -0.2) is 9.78 Å². The Kier molecular flexibility index (Phi) is 2.17. The number of carboxylic acids is 1. The summed E-state index contributed by atoms with van der Waals surface area (Å²) in [6.07, 6.45) is 3.07. The molecule has 0 aliphatic heterocycles. The summed E-state index contributed by atoms with van der Waals surface area (Å²) in [4.78, 5) is 18.6. The van der Waals surface area contributed by atoms with E-state index in [9.17, 15) is 4.79 Å². The van der Waals surface area contributed by atoms with Crippen LogP contribution in [0.3, 0.4) is 0 Å². The first-order valence-electron chi connectivity index (χ1n) is 4.16. The minimum absolute atomic E-state index is 0.146. The summed E-state index contributed by atoms with van der Waals surface area (Å²) < 4.78 is 4.82. The normalized spacial score (nSPS) is 10.2. The molecule has 2 heterocycles. The highest BCUT2D eigenvalue weighted by atomic mass is 16.5. The Labute approximate surface area is 84.6 Å². The monoisotopic (exact) mass is 205 g/mol. The molecule has 0 aliphatic rings. The molecule has 0 unspecified atom stereocenters. The van der Waals surface area contributed by atoms with Crippen molar-refractivity contribution < 1.29 is 14.4 Å². The van der Waals surface area contributed by atoms with E-state index in [1.165, 1.54) is 12.3 Å². The lowest BCUT2D eigenvalue weighted by Crippen LogP contribution is -1.94. The largest absolute Gasteiger partial charge is 0.476 e. The number of carbonyl (C=O) groups is 1. The fraction of sp³-hybridized carbons (Fsp3) is 0.111. The average Bonchev–Trinajstić information content (AvgIpc) is 2.68. The van der Waals surface area contributed by atoms with E-state index >= 15 is 0 Å². The zero-order valence-corrected chi connectivity index (χ0v) is 7.84. The first-order valence-corrected chi connectivity index (χ1v) is 4.16. The van der Waals surface area contributed by atoms with Crippen LogP contribution in [0.25, 0.3) is 11.5 Å². The third kappa shape index (κ3) is 1.83. The minimum atomic E-state index is -1.13. The van der Waals surface area contributed by atoms with Crippen molar-refractivity contribution in [3.05, 3.63) is 29.8 Å². The molecular weight excluding hydrogens is 198 g/mol. The fourth-order valence-corrected chi connectivity index (χ4v) is 1.02. The first kappa shape index (κ1) is 9.32. The lowest BCUT2D eigenvalue weighted by Gasteiger charge is -1.93. The second-order valence-electron chi connectivity index (χ2n) is 2.92. The van der Waals surface area contributed by atoms with Gasteiger partial charge in [-0.1, -0.05) is 5.16 Å². The molecule has 6 nitrogen and oxygen atoms in total.